The predicted octanol–water partition coefficient (Wildman–Crippen LogP) is 11.2. The maximum atomic E-state index is 12.4. The molecule has 0 aliphatic heterocycles. The Balaban J connectivity index is 1.88. The summed E-state index contributed by atoms with van der Waals surface area (Å²) >= 11 is 1.12. The van der Waals surface area contributed by atoms with E-state index in [1.807, 2.05) is 49.4 Å². The molecule has 0 fully saturated rings. The third-order valence-corrected chi connectivity index (χ3v) is 11.7. The van der Waals surface area contributed by atoms with E-state index >= 15 is 0 Å². The van der Waals surface area contributed by atoms with Gasteiger partial charge in [0.05, 0.1) is 82.1 Å². The van der Waals surface area contributed by atoms with E-state index in [4.69, 9.17) is 30.3 Å². The molecule has 16 nitrogen and oxygen atoms in total. The molecule has 0 saturated heterocycles. The summed E-state index contributed by atoms with van der Waals surface area (Å²) in [5.74, 6) is -4.95. The number of aryl methyl sites for hydroxylation is 1. The minimum Gasteiger partial charge on any atom is -0.481 e. The SMILES string of the molecule is [C-]#[N+]c1sc(N=Nc2ccc(N(CCOCCOCCOC(=O)CC(C/C=C/CCCCCCC)C(=O)O)CCOCCOC(=O)CC(C/C=C/CCCCC)C(=O)O)cc2C)c(C#N)c1C. The fourth-order valence-electron chi connectivity index (χ4n) is 6.61. The number of carboxylic acid groups (broad SMARTS) is 2. The monoisotopic (exact) mass is 949 g/mol. The van der Waals surface area contributed by atoms with Crippen molar-refractivity contribution >= 4 is 56.6 Å². The molecule has 1 aromatic carbocycles. The first-order valence-corrected chi connectivity index (χ1v) is 24.2. The number of carbonyl (C=O) groups is 4. The third kappa shape index (κ3) is 24.8. The number of carbonyl (C=O) groups excluding carboxylic acids is 2. The van der Waals surface area contributed by atoms with Gasteiger partial charge in [0, 0.05) is 18.8 Å². The first-order chi connectivity index (χ1) is 32.4. The number of carboxylic acids is 2. The summed E-state index contributed by atoms with van der Waals surface area (Å²) in [5, 5.41) is 38.2. The number of hydrogen-bond donors (Lipinski definition) is 2. The van der Waals surface area contributed by atoms with Gasteiger partial charge in [0.15, 0.2) is 0 Å². The molecule has 0 amide bonds. The van der Waals surface area contributed by atoms with Crippen LogP contribution in [0, 0.1) is 43.6 Å². The number of nitrogens with zero attached hydrogens (tertiary/aromatic N) is 5. The Labute approximate surface area is 400 Å². The van der Waals surface area contributed by atoms with E-state index in [0.29, 0.717) is 46.5 Å². The molecule has 67 heavy (non-hydrogen) atoms. The van der Waals surface area contributed by atoms with Crippen molar-refractivity contribution in [1.29, 1.82) is 5.26 Å². The number of anilines is 1. The minimum atomic E-state index is -1.04. The Bertz CT molecular complexity index is 1970. The van der Waals surface area contributed by atoms with Gasteiger partial charge < -0.3 is 38.8 Å². The van der Waals surface area contributed by atoms with Crippen LogP contribution in [0.2, 0.25) is 0 Å². The van der Waals surface area contributed by atoms with Gasteiger partial charge in [-0.3, -0.25) is 19.2 Å². The molecule has 2 atom stereocenters. The van der Waals surface area contributed by atoms with Gasteiger partial charge in [0.2, 0.25) is 5.00 Å². The average molecular weight is 950 g/mol. The van der Waals surface area contributed by atoms with E-state index in [1.54, 1.807) is 6.92 Å². The lowest BCUT2D eigenvalue weighted by Crippen LogP contribution is -2.31. The lowest BCUT2D eigenvalue weighted by atomic mass is 10.0. The highest BCUT2D eigenvalue weighted by Crippen LogP contribution is 2.41. The van der Waals surface area contributed by atoms with Crippen LogP contribution in [0.1, 0.15) is 120 Å². The number of ether oxygens (including phenoxy) is 5. The maximum absolute atomic E-state index is 12.4. The lowest BCUT2D eigenvalue weighted by molar-refractivity contribution is -0.152. The van der Waals surface area contributed by atoms with Crippen molar-refractivity contribution in [3.63, 3.8) is 0 Å². The molecule has 2 aromatic rings. The number of esters is 2. The topological polar surface area (TPSA) is 211 Å². The Morgan fingerprint density at radius 2 is 1.25 bits per heavy atom. The third-order valence-electron chi connectivity index (χ3n) is 10.6. The summed E-state index contributed by atoms with van der Waals surface area (Å²) in [4.78, 5) is 53.7. The van der Waals surface area contributed by atoms with E-state index in [9.17, 15) is 34.7 Å². The smallest absolute Gasteiger partial charge is 0.307 e. The van der Waals surface area contributed by atoms with Crippen molar-refractivity contribution < 1.29 is 53.1 Å². The normalized spacial score (nSPS) is 12.3. The van der Waals surface area contributed by atoms with E-state index in [1.165, 1.54) is 19.3 Å². The molecule has 0 saturated carbocycles. The van der Waals surface area contributed by atoms with Crippen molar-refractivity contribution in [2.24, 2.45) is 22.1 Å². The van der Waals surface area contributed by atoms with Gasteiger partial charge in [-0.15, -0.1) is 21.6 Å². The largest absolute Gasteiger partial charge is 0.481 e. The van der Waals surface area contributed by atoms with Crippen LogP contribution in [0.15, 0.2) is 52.7 Å². The summed E-state index contributed by atoms with van der Waals surface area (Å²) in [6.45, 7) is 17.5. The fraction of sp³-hybridized carbons (Fsp3) is 0.600. The van der Waals surface area contributed by atoms with Crippen LogP contribution < -0.4 is 4.90 Å². The highest BCUT2D eigenvalue weighted by Gasteiger charge is 2.22. The van der Waals surface area contributed by atoms with E-state index < -0.39 is 35.7 Å². The molecule has 2 unspecified atom stereocenters. The molecule has 0 aliphatic rings. The summed E-state index contributed by atoms with van der Waals surface area (Å²) in [7, 11) is 0. The maximum Gasteiger partial charge on any atom is 0.307 e. The van der Waals surface area contributed by atoms with Gasteiger partial charge in [0.25, 0.3) is 0 Å². The van der Waals surface area contributed by atoms with E-state index in [-0.39, 0.29) is 71.9 Å². The Morgan fingerprint density at radius 1 is 0.746 bits per heavy atom. The van der Waals surface area contributed by atoms with Crippen LogP contribution in [0.4, 0.5) is 21.4 Å². The van der Waals surface area contributed by atoms with Crippen molar-refractivity contribution in [3.8, 4) is 6.07 Å². The molecule has 2 N–H and O–H groups in total. The number of rotatable bonds is 38. The number of azo groups is 1. The molecule has 0 radical (unpaired) electrons. The van der Waals surface area contributed by atoms with Gasteiger partial charge in [-0.25, -0.2) is 4.85 Å². The molecule has 0 bridgehead atoms. The van der Waals surface area contributed by atoms with Gasteiger partial charge in [-0.1, -0.05) is 76.7 Å². The Kier molecular flexibility index (Phi) is 30.7. The Hall–Kier alpha value is -5.46. The minimum absolute atomic E-state index is 0.00511. The summed E-state index contributed by atoms with van der Waals surface area (Å²) < 4.78 is 27.7. The molecular formula is C50H71N5O11S. The first-order valence-electron chi connectivity index (χ1n) is 23.4. The van der Waals surface area contributed by atoms with Crippen molar-refractivity contribution in [2.75, 3.05) is 70.8 Å². The number of unbranched alkanes of at least 4 members (excludes halogenated alkanes) is 8. The summed E-state index contributed by atoms with van der Waals surface area (Å²) in [6.07, 6.45) is 18.6. The summed E-state index contributed by atoms with van der Waals surface area (Å²) in [6, 6.07) is 7.75. The quantitative estimate of drug-likeness (QED) is 0.0211. The number of allylic oxidation sites excluding steroid dienone is 4. The fourth-order valence-corrected chi connectivity index (χ4v) is 7.48. The lowest BCUT2D eigenvalue weighted by Gasteiger charge is -2.25. The molecular weight excluding hydrogens is 879 g/mol. The number of nitriles is 1. The zero-order chi connectivity index (χ0) is 49.1. The average Bonchev–Trinajstić information content (AvgIpc) is 3.62. The second-order valence-corrected chi connectivity index (χ2v) is 16.9. The second kappa shape index (κ2) is 35.7. The highest BCUT2D eigenvalue weighted by molar-refractivity contribution is 7.20. The van der Waals surface area contributed by atoms with Crippen molar-refractivity contribution in [2.45, 2.75) is 118 Å². The predicted molar refractivity (Wildman–Crippen MR) is 258 cm³/mol. The molecule has 0 spiro atoms. The van der Waals surface area contributed by atoms with E-state index in [2.05, 4.69) is 39.9 Å². The number of hydrogen-bond acceptors (Lipinski definition) is 14. The van der Waals surface area contributed by atoms with Crippen LogP contribution in [-0.2, 0) is 42.9 Å². The molecule has 2 rings (SSSR count). The molecule has 0 aliphatic carbocycles. The number of aliphatic carboxylic acids is 2. The Morgan fingerprint density at radius 3 is 1.76 bits per heavy atom. The van der Waals surface area contributed by atoms with E-state index in [0.717, 1.165) is 67.5 Å². The van der Waals surface area contributed by atoms with Crippen LogP contribution in [0.3, 0.4) is 0 Å². The molecule has 17 heteroatoms. The molecule has 368 valence electrons. The molecule has 1 aromatic heterocycles. The highest BCUT2D eigenvalue weighted by atomic mass is 32.1. The van der Waals surface area contributed by atoms with Crippen molar-refractivity contribution in [3.05, 3.63) is 70.6 Å². The zero-order valence-corrected chi connectivity index (χ0v) is 40.7. The van der Waals surface area contributed by atoms with Gasteiger partial charge in [-0.2, -0.15) is 5.26 Å². The zero-order valence-electron chi connectivity index (χ0n) is 39.9. The number of benzene rings is 1. The summed E-state index contributed by atoms with van der Waals surface area (Å²) in [5.41, 5.74) is 3.18. The van der Waals surface area contributed by atoms with Crippen LogP contribution >= 0.6 is 11.3 Å². The van der Waals surface area contributed by atoms with Gasteiger partial charge in [-0.05, 0) is 81.7 Å². The van der Waals surface area contributed by atoms with Crippen LogP contribution in [0.5, 0.6) is 0 Å². The van der Waals surface area contributed by atoms with Crippen LogP contribution in [0.25, 0.3) is 4.85 Å². The van der Waals surface area contributed by atoms with Crippen LogP contribution in [-0.4, -0.2) is 100 Å². The first kappa shape index (κ1) is 57.7. The van der Waals surface area contributed by atoms with Crippen molar-refractivity contribution in [1.82, 2.24) is 0 Å². The second-order valence-electron chi connectivity index (χ2n) is 16.0. The van der Waals surface area contributed by atoms with Gasteiger partial charge in [0.1, 0.15) is 24.3 Å². The van der Waals surface area contributed by atoms with Gasteiger partial charge >= 0.3 is 23.9 Å². The molecule has 1 heterocycles. The standard InChI is InChI=1S/C50H71N5O11S/c1-6-8-10-12-14-15-17-19-21-41(50(60)61)36-46(57)66-33-31-64-29-28-62-26-24-55(25-27-63-30-32-65-45(56)35-40(49(58)59)20-18-16-13-11-9-7-2)42-22-23-44(38(3)34-42)53-54-48-43(37-51)39(4)47(52-5)67-48/h16-19,22-23,34,40-41H,6-15,20-21,24-33,35-36H2,1-4H3,(H,58,59)(H,60,61)/b18-16+,19-17+,54-53?. The number of thiophene rings is 1.